The van der Waals surface area contributed by atoms with Crippen molar-refractivity contribution in [2.45, 2.75) is 16.8 Å². The van der Waals surface area contributed by atoms with Crippen molar-refractivity contribution in [1.29, 1.82) is 0 Å². The molecular formula is C15H14N2S. The molecule has 3 N–H and O–H groups in total. The summed E-state index contributed by atoms with van der Waals surface area (Å²) in [5.41, 5.74) is 9.23. The third kappa shape index (κ3) is 1.97. The van der Waals surface area contributed by atoms with E-state index in [1.807, 2.05) is 24.3 Å². The molecule has 1 aromatic heterocycles. The van der Waals surface area contributed by atoms with Gasteiger partial charge < -0.3 is 10.7 Å². The lowest BCUT2D eigenvalue weighted by Gasteiger charge is -2.06. The third-order valence-electron chi connectivity index (χ3n) is 2.96. The maximum absolute atomic E-state index is 6.03. The molecule has 2 nitrogen and oxygen atoms in total. The van der Waals surface area contributed by atoms with Gasteiger partial charge in [-0.25, -0.2) is 0 Å². The molecule has 0 aliphatic heterocycles. The highest BCUT2D eigenvalue weighted by atomic mass is 32.2. The molecule has 3 heteroatoms. The number of para-hydroxylation sites is 1. The molecule has 0 bridgehead atoms. The lowest BCUT2D eigenvalue weighted by molar-refractivity contribution is 1.22. The predicted octanol–water partition coefficient (Wildman–Crippen LogP) is 4.21. The smallest absolute Gasteiger partial charge is 0.0781 e. The monoisotopic (exact) mass is 254 g/mol. The van der Waals surface area contributed by atoms with E-state index in [1.165, 1.54) is 10.9 Å². The van der Waals surface area contributed by atoms with Crippen LogP contribution in [0.3, 0.4) is 0 Å². The van der Waals surface area contributed by atoms with Crippen LogP contribution in [0.4, 0.5) is 5.69 Å². The normalized spacial score (nSPS) is 10.9. The summed E-state index contributed by atoms with van der Waals surface area (Å²) in [6, 6.07) is 16.4. The molecule has 0 spiro atoms. The molecule has 0 aliphatic carbocycles. The molecule has 3 aromatic rings. The first-order valence-electron chi connectivity index (χ1n) is 5.85. The number of anilines is 1. The van der Waals surface area contributed by atoms with E-state index in [4.69, 9.17) is 5.73 Å². The molecule has 0 unspecified atom stereocenters. The SMILES string of the molecule is Cc1cccc(N)c1Sc1cc2ccccc2[nH]1. The minimum absolute atomic E-state index is 0.832. The molecule has 0 radical (unpaired) electrons. The first-order valence-corrected chi connectivity index (χ1v) is 6.66. The molecule has 90 valence electrons. The van der Waals surface area contributed by atoms with E-state index in [-0.39, 0.29) is 0 Å². The first kappa shape index (κ1) is 11.2. The van der Waals surface area contributed by atoms with Crippen molar-refractivity contribution in [3.8, 4) is 0 Å². The van der Waals surface area contributed by atoms with Crippen molar-refractivity contribution >= 4 is 28.4 Å². The number of rotatable bonds is 2. The average Bonchev–Trinajstić information content (AvgIpc) is 2.76. The maximum atomic E-state index is 6.03. The number of aryl methyl sites for hydroxylation is 1. The number of aromatic amines is 1. The summed E-state index contributed by atoms with van der Waals surface area (Å²) >= 11 is 1.69. The van der Waals surface area contributed by atoms with Crippen LogP contribution in [0.2, 0.25) is 0 Å². The summed E-state index contributed by atoms with van der Waals surface area (Å²) in [4.78, 5) is 4.53. The Morgan fingerprint density at radius 1 is 1.06 bits per heavy atom. The van der Waals surface area contributed by atoms with E-state index in [1.54, 1.807) is 11.8 Å². The lowest BCUT2D eigenvalue weighted by Crippen LogP contribution is -1.90. The Kier molecular flexibility index (Phi) is 2.76. The van der Waals surface area contributed by atoms with E-state index in [9.17, 15) is 0 Å². The van der Waals surface area contributed by atoms with Gasteiger partial charge in [0, 0.05) is 21.5 Å². The molecule has 0 saturated carbocycles. The lowest BCUT2D eigenvalue weighted by atomic mass is 10.2. The zero-order chi connectivity index (χ0) is 12.5. The highest BCUT2D eigenvalue weighted by Gasteiger charge is 2.07. The van der Waals surface area contributed by atoms with Crippen molar-refractivity contribution in [3.05, 3.63) is 54.1 Å². The van der Waals surface area contributed by atoms with Crippen LogP contribution in [0.1, 0.15) is 5.56 Å². The minimum atomic E-state index is 0.832. The largest absolute Gasteiger partial charge is 0.398 e. The number of fused-ring (bicyclic) bond motifs is 1. The topological polar surface area (TPSA) is 41.8 Å². The van der Waals surface area contributed by atoms with Crippen LogP contribution in [0.25, 0.3) is 10.9 Å². The van der Waals surface area contributed by atoms with Crippen LogP contribution in [0, 0.1) is 6.92 Å². The fraction of sp³-hybridized carbons (Fsp3) is 0.0667. The van der Waals surface area contributed by atoms with Gasteiger partial charge in [0.1, 0.15) is 0 Å². The quantitative estimate of drug-likeness (QED) is 0.673. The number of nitrogen functional groups attached to an aromatic ring is 1. The van der Waals surface area contributed by atoms with Gasteiger partial charge in [-0.05, 0) is 30.7 Å². The van der Waals surface area contributed by atoms with E-state index >= 15 is 0 Å². The third-order valence-corrected chi connectivity index (χ3v) is 4.16. The van der Waals surface area contributed by atoms with Gasteiger partial charge in [0.15, 0.2) is 0 Å². The number of nitrogens with two attached hydrogens (primary N) is 1. The molecule has 1 heterocycles. The van der Waals surface area contributed by atoms with Crippen LogP contribution >= 0.6 is 11.8 Å². The van der Waals surface area contributed by atoms with Gasteiger partial charge in [0.2, 0.25) is 0 Å². The molecular weight excluding hydrogens is 240 g/mol. The van der Waals surface area contributed by atoms with Crippen molar-refractivity contribution in [1.82, 2.24) is 4.98 Å². The Bertz CT molecular complexity index is 647. The number of aromatic nitrogens is 1. The van der Waals surface area contributed by atoms with Gasteiger partial charge in [-0.15, -0.1) is 0 Å². The second-order valence-electron chi connectivity index (χ2n) is 4.32. The molecule has 2 aromatic carbocycles. The van der Waals surface area contributed by atoms with Crippen LogP contribution in [-0.2, 0) is 0 Å². The van der Waals surface area contributed by atoms with Gasteiger partial charge >= 0.3 is 0 Å². The van der Waals surface area contributed by atoms with Crippen LogP contribution in [-0.4, -0.2) is 4.98 Å². The Hall–Kier alpha value is -1.87. The molecule has 0 aliphatic rings. The van der Waals surface area contributed by atoms with E-state index < -0.39 is 0 Å². The Balaban J connectivity index is 2.01. The summed E-state index contributed by atoms with van der Waals surface area (Å²) in [5.74, 6) is 0. The summed E-state index contributed by atoms with van der Waals surface area (Å²) in [5, 5.41) is 2.35. The zero-order valence-electron chi connectivity index (χ0n) is 10.1. The Morgan fingerprint density at radius 2 is 1.89 bits per heavy atom. The van der Waals surface area contributed by atoms with E-state index in [0.717, 1.165) is 21.1 Å². The van der Waals surface area contributed by atoms with Crippen molar-refractivity contribution in [3.63, 3.8) is 0 Å². The van der Waals surface area contributed by atoms with Crippen molar-refractivity contribution in [2.75, 3.05) is 5.73 Å². The van der Waals surface area contributed by atoms with Crippen LogP contribution in [0.15, 0.2) is 58.5 Å². The van der Waals surface area contributed by atoms with E-state index in [0.29, 0.717) is 0 Å². The van der Waals surface area contributed by atoms with Crippen LogP contribution < -0.4 is 5.73 Å². The zero-order valence-corrected chi connectivity index (χ0v) is 10.9. The summed E-state index contributed by atoms with van der Waals surface area (Å²) in [6.45, 7) is 2.08. The molecule has 0 fully saturated rings. The number of hydrogen-bond acceptors (Lipinski definition) is 2. The number of nitrogens with one attached hydrogen (secondary N) is 1. The van der Waals surface area contributed by atoms with Gasteiger partial charge in [0.25, 0.3) is 0 Å². The van der Waals surface area contributed by atoms with Gasteiger partial charge in [-0.1, -0.05) is 42.1 Å². The number of H-pyrrole nitrogens is 1. The highest BCUT2D eigenvalue weighted by molar-refractivity contribution is 7.99. The summed E-state index contributed by atoms with van der Waals surface area (Å²) in [6.07, 6.45) is 0. The summed E-state index contributed by atoms with van der Waals surface area (Å²) < 4.78 is 0. The first-order chi connectivity index (χ1) is 8.74. The highest BCUT2D eigenvalue weighted by Crippen LogP contribution is 2.35. The fourth-order valence-corrected chi connectivity index (χ4v) is 3.01. The minimum Gasteiger partial charge on any atom is -0.398 e. The fourth-order valence-electron chi connectivity index (χ4n) is 2.03. The van der Waals surface area contributed by atoms with Crippen LogP contribution in [0.5, 0.6) is 0 Å². The average molecular weight is 254 g/mol. The maximum Gasteiger partial charge on any atom is 0.0781 e. The Morgan fingerprint density at radius 3 is 2.67 bits per heavy atom. The molecule has 18 heavy (non-hydrogen) atoms. The molecule has 0 amide bonds. The molecule has 3 rings (SSSR count). The van der Waals surface area contributed by atoms with Gasteiger partial charge in [-0.2, -0.15) is 0 Å². The second-order valence-corrected chi connectivity index (χ2v) is 5.37. The summed E-state index contributed by atoms with van der Waals surface area (Å²) in [7, 11) is 0. The molecule has 0 atom stereocenters. The van der Waals surface area contributed by atoms with Crippen molar-refractivity contribution in [2.24, 2.45) is 0 Å². The standard InChI is InChI=1S/C15H14N2S/c1-10-5-4-7-12(16)15(10)18-14-9-11-6-2-3-8-13(11)17-14/h2-9,17H,16H2,1H3. The number of hydrogen-bond donors (Lipinski definition) is 2. The van der Waals surface area contributed by atoms with E-state index in [2.05, 4.69) is 36.2 Å². The van der Waals surface area contributed by atoms with Gasteiger partial charge in [-0.3, -0.25) is 0 Å². The number of benzene rings is 2. The molecule has 0 saturated heterocycles. The van der Waals surface area contributed by atoms with Gasteiger partial charge in [0.05, 0.1) is 5.03 Å². The Labute approximate surface area is 110 Å². The van der Waals surface area contributed by atoms with Crippen molar-refractivity contribution < 1.29 is 0 Å². The second kappa shape index (κ2) is 4.42. The predicted molar refractivity (Wildman–Crippen MR) is 78.0 cm³/mol.